The molecule has 0 aliphatic carbocycles. The van der Waals surface area contributed by atoms with Gasteiger partial charge in [-0.2, -0.15) is 0 Å². The Labute approximate surface area is 86.9 Å². The molecule has 0 aromatic heterocycles. The van der Waals surface area contributed by atoms with Crippen LogP contribution in [0.25, 0.3) is 0 Å². The summed E-state index contributed by atoms with van der Waals surface area (Å²) in [5, 5.41) is 0. The summed E-state index contributed by atoms with van der Waals surface area (Å²) in [4.78, 5) is 0. The fourth-order valence-electron chi connectivity index (χ4n) is 1.06. The van der Waals surface area contributed by atoms with E-state index >= 15 is 0 Å². The first-order chi connectivity index (χ1) is 7.02. The van der Waals surface area contributed by atoms with Crippen LogP contribution in [0.2, 0.25) is 12.1 Å². The van der Waals surface area contributed by atoms with E-state index in [2.05, 4.69) is 0 Å². The van der Waals surface area contributed by atoms with Crippen LogP contribution in [0, 0.1) is 0 Å². The third-order valence-corrected chi connectivity index (χ3v) is 3.96. The summed E-state index contributed by atoms with van der Waals surface area (Å²) < 4.78 is 73.2. The normalized spacial score (nSPS) is 20.4. The third kappa shape index (κ3) is 6.06. The van der Waals surface area contributed by atoms with Crippen LogP contribution in [-0.2, 0) is 0 Å². The van der Waals surface area contributed by atoms with Crippen LogP contribution in [0.1, 0.15) is 0 Å². The lowest BCUT2D eigenvalue weighted by Gasteiger charge is -2.12. The SMILES string of the molecule is FCC(F)C(F)C[SiH2]CC(F)C(F)CF. The van der Waals surface area contributed by atoms with E-state index in [0.717, 1.165) is 0 Å². The highest BCUT2D eigenvalue weighted by molar-refractivity contribution is 6.35. The second-order valence-corrected chi connectivity index (χ2v) is 5.17. The molecule has 0 rings (SSSR count). The summed E-state index contributed by atoms with van der Waals surface area (Å²) in [6.45, 7) is -2.82. The van der Waals surface area contributed by atoms with Crippen LogP contribution in [0.3, 0.4) is 0 Å². The molecule has 0 radical (unpaired) electrons. The standard InChI is InChI=1S/C8H14F6Si/c9-1-5(11)7(13)3-15-4-8(14)6(12)2-10/h5-8H,1-4,15H2. The van der Waals surface area contributed by atoms with Crippen molar-refractivity contribution in [1.29, 1.82) is 0 Å². The lowest BCUT2D eigenvalue weighted by molar-refractivity contribution is 0.145. The van der Waals surface area contributed by atoms with Crippen LogP contribution < -0.4 is 0 Å². The van der Waals surface area contributed by atoms with Gasteiger partial charge in [-0.05, 0) is 12.1 Å². The molecule has 0 saturated heterocycles. The van der Waals surface area contributed by atoms with Crippen LogP contribution in [-0.4, -0.2) is 47.6 Å². The van der Waals surface area contributed by atoms with E-state index in [4.69, 9.17) is 0 Å². The van der Waals surface area contributed by atoms with Gasteiger partial charge < -0.3 is 0 Å². The minimum absolute atomic E-state index is 0.246. The predicted octanol–water partition coefficient (Wildman–Crippen LogP) is 2.28. The lowest BCUT2D eigenvalue weighted by atomic mass is 10.3. The number of hydrogen-bond donors (Lipinski definition) is 0. The van der Waals surface area contributed by atoms with E-state index in [-0.39, 0.29) is 12.1 Å². The fourth-order valence-corrected chi connectivity index (χ4v) is 2.80. The summed E-state index contributed by atoms with van der Waals surface area (Å²) in [7, 11) is -1.35. The Hall–Kier alpha value is -0.203. The highest BCUT2D eigenvalue weighted by atomic mass is 28.2. The zero-order chi connectivity index (χ0) is 11.8. The largest absolute Gasteiger partial charge is 0.248 e. The van der Waals surface area contributed by atoms with Gasteiger partial charge in [-0.3, -0.25) is 0 Å². The highest BCUT2D eigenvalue weighted by Crippen LogP contribution is 2.14. The van der Waals surface area contributed by atoms with Gasteiger partial charge in [0.25, 0.3) is 0 Å². The van der Waals surface area contributed by atoms with Crippen molar-refractivity contribution in [3.05, 3.63) is 0 Å². The molecule has 0 bridgehead atoms. The van der Waals surface area contributed by atoms with Crippen LogP contribution in [0.4, 0.5) is 26.3 Å². The van der Waals surface area contributed by atoms with Crippen LogP contribution >= 0.6 is 0 Å². The summed E-state index contributed by atoms with van der Waals surface area (Å²) in [6.07, 6.45) is -8.26. The number of rotatable bonds is 8. The first-order valence-electron chi connectivity index (χ1n) is 4.71. The summed E-state index contributed by atoms with van der Waals surface area (Å²) in [5.74, 6) is 0. The molecule has 7 heteroatoms. The lowest BCUT2D eigenvalue weighted by Crippen LogP contribution is -2.24. The average Bonchev–Trinajstić information content (AvgIpc) is 2.26. The molecule has 0 fully saturated rings. The molecule has 0 saturated carbocycles. The Morgan fingerprint density at radius 1 is 0.667 bits per heavy atom. The minimum Gasteiger partial charge on any atom is -0.248 e. The Balaban J connectivity index is 3.60. The molecule has 0 aromatic carbocycles. The first-order valence-corrected chi connectivity index (χ1v) is 6.71. The van der Waals surface area contributed by atoms with Gasteiger partial charge in [0.05, 0.1) is 0 Å². The van der Waals surface area contributed by atoms with Crippen molar-refractivity contribution in [2.24, 2.45) is 0 Å². The molecule has 0 N–H and O–H groups in total. The first kappa shape index (κ1) is 14.8. The predicted molar refractivity (Wildman–Crippen MR) is 49.7 cm³/mol. The molecule has 0 aliphatic rings. The number of halogens is 6. The zero-order valence-electron chi connectivity index (χ0n) is 8.11. The van der Waals surface area contributed by atoms with Gasteiger partial charge in [0.2, 0.25) is 0 Å². The van der Waals surface area contributed by atoms with E-state index in [1.54, 1.807) is 0 Å². The topological polar surface area (TPSA) is 0 Å². The Morgan fingerprint density at radius 3 is 1.27 bits per heavy atom. The Morgan fingerprint density at radius 2 is 1.00 bits per heavy atom. The van der Waals surface area contributed by atoms with E-state index in [1.165, 1.54) is 0 Å². The van der Waals surface area contributed by atoms with Crippen molar-refractivity contribution < 1.29 is 26.3 Å². The van der Waals surface area contributed by atoms with Crippen LogP contribution in [0.5, 0.6) is 0 Å². The molecule has 0 nitrogen and oxygen atoms in total. The van der Waals surface area contributed by atoms with Gasteiger partial charge >= 0.3 is 0 Å². The third-order valence-electron chi connectivity index (χ3n) is 2.04. The molecular weight excluding hydrogens is 238 g/mol. The van der Waals surface area contributed by atoms with E-state index in [0.29, 0.717) is 0 Å². The van der Waals surface area contributed by atoms with Crippen LogP contribution in [0.15, 0.2) is 0 Å². The summed E-state index contributed by atoms with van der Waals surface area (Å²) in [6, 6.07) is -0.491. The maximum Gasteiger partial charge on any atom is 0.159 e. The van der Waals surface area contributed by atoms with Crippen molar-refractivity contribution in [1.82, 2.24) is 0 Å². The highest BCUT2D eigenvalue weighted by Gasteiger charge is 2.23. The van der Waals surface area contributed by atoms with E-state index in [9.17, 15) is 26.3 Å². The second kappa shape index (κ2) is 8.01. The molecule has 4 atom stereocenters. The summed E-state index contributed by atoms with van der Waals surface area (Å²) >= 11 is 0. The van der Waals surface area contributed by atoms with Crippen molar-refractivity contribution >= 4 is 9.52 Å². The van der Waals surface area contributed by atoms with E-state index < -0.39 is 47.6 Å². The maximum atomic E-state index is 12.7. The van der Waals surface area contributed by atoms with Crippen molar-refractivity contribution in [2.75, 3.05) is 13.3 Å². The molecular formula is C8H14F6Si. The molecule has 4 unspecified atom stereocenters. The average molecular weight is 252 g/mol. The van der Waals surface area contributed by atoms with Gasteiger partial charge in [-0.15, -0.1) is 0 Å². The molecule has 0 aliphatic heterocycles. The van der Waals surface area contributed by atoms with E-state index in [1.807, 2.05) is 0 Å². The van der Waals surface area contributed by atoms with Crippen molar-refractivity contribution in [3.63, 3.8) is 0 Å². The Kier molecular flexibility index (Phi) is 7.90. The molecule has 0 aromatic rings. The maximum absolute atomic E-state index is 12.7. The van der Waals surface area contributed by atoms with Gasteiger partial charge in [-0.25, -0.2) is 26.3 Å². The number of alkyl halides is 6. The monoisotopic (exact) mass is 252 g/mol. The number of hydrogen-bond acceptors (Lipinski definition) is 0. The van der Waals surface area contributed by atoms with Gasteiger partial charge in [-0.1, -0.05) is 0 Å². The quantitative estimate of drug-likeness (QED) is 0.459. The molecule has 0 amide bonds. The smallest absolute Gasteiger partial charge is 0.159 e. The van der Waals surface area contributed by atoms with Crippen molar-refractivity contribution in [3.8, 4) is 0 Å². The van der Waals surface area contributed by atoms with Gasteiger partial charge in [0.15, 0.2) is 12.3 Å². The van der Waals surface area contributed by atoms with Gasteiger partial charge in [0, 0.05) is 9.52 Å². The molecule has 0 heterocycles. The minimum atomic E-state index is -2.18. The summed E-state index contributed by atoms with van der Waals surface area (Å²) in [5.41, 5.74) is 0. The second-order valence-electron chi connectivity index (χ2n) is 3.30. The fraction of sp³-hybridized carbons (Fsp3) is 1.00. The molecule has 15 heavy (non-hydrogen) atoms. The zero-order valence-corrected chi connectivity index (χ0v) is 9.53. The molecule has 92 valence electrons. The Bertz CT molecular complexity index is 142. The van der Waals surface area contributed by atoms with Crippen molar-refractivity contribution in [2.45, 2.75) is 36.8 Å². The van der Waals surface area contributed by atoms with Gasteiger partial charge in [0.1, 0.15) is 25.7 Å². The molecule has 0 spiro atoms.